The molecule has 2 aromatic rings. The van der Waals surface area contributed by atoms with E-state index in [4.69, 9.17) is 19.9 Å². The number of hydrogen-bond donors (Lipinski definition) is 1. The summed E-state index contributed by atoms with van der Waals surface area (Å²) in [4.78, 5) is 18.5. The van der Waals surface area contributed by atoms with Crippen LogP contribution in [0.15, 0.2) is 65.7 Å². The molecule has 1 amide bonds. The van der Waals surface area contributed by atoms with Crippen molar-refractivity contribution in [3.63, 3.8) is 0 Å². The molecule has 0 saturated carbocycles. The Labute approximate surface area is 217 Å². The smallest absolute Gasteiger partial charge is 0.240 e. The maximum absolute atomic E-state index is 14.8. The average Bonchev–Trinajstić information content (AvgIpc) is 2.89. The van der Waals surface area contributed by atoms with Gasteiger partial charge in [-0.3, -0.25) is 9.79 Å². The molecule has 0 bridgehead atoms. The number of nitrogens with two attached hydrogens (primary N) is 1. The van der Waals surface area contributed by atoms with Crippen LogP contribution in [0.25, 0.3) is 0 Å². The number of amides is 1. The average molecular weight is 518 g/mol. The van der Waals surface area contributed by atoms with Gasteiger partial charge in [-0.1, -0.05) is 42.5 Å². The molecular formula is C28H37F2N3O4. The summed E-state index contributed by atoms with van der Waals surface area (Å²) in [5.41, 5.74) is 7.46. The first-order valence-electron chi connectivity index (χ1n) is 12.4. The van der Waals surface area contributed by atoms with Gasteiger partial charge in [-0.25, -0.2) is 4.39 Å². The molecule has 0 radical (unpaired) electrons. The fraction of sp³-hybridized carbons (Fsp3) is 0.429. The minimum atomic E-state index is -1.03. The lowest BCUT2D eigenvalue weighted by Gasteiger charge is -2.29. The van der Waals surface area contributed by atoms with Gasteiger partial charge in [0.25, 0.3) is 0 Å². The maximum atomic E-state index is 14.8. The Hall–Kier alpha value is -3.14. The van der Waals surface area contributed by atoms with Crippen molar-refractivity contribution in [2.75, 3.05) is 32.8 Å². The second kappa shape index (κ2) is 16.6. The summed E-state index contributed by atoms with van der Waals surface area (Å²) in [5.74, 6) is -1.21. The predicted molar refractivity (Wildman–Crippen MR) is 141 cm³/mol. The first kappa shape index (κ1) is 30.1. The lowest BCUT2D eigenvalue weighted by molar-refractivity contribution is -0.159. The van der Waals surface area contributed by atoms with Gasteiger partial charge in [0, 0.05) is 25.8 Å². The number of rotatable bonds is 16. The van der Waals surface area contributed by atoms with Crippen LogP contribution < -0.4 is 10.5 Å². The van der Waals surface area contributed by atoms with Gasteiger partial charge >= 0.3 is 0 Å². The molecule has 0 aliphatic heterocycles. The van der Waals surface area contributed by atoms with Gasteiger partial charge in [-0.15, -0.1) is 0 Å². The molecule has 202 valence electrons. The number of hydrogen-bond acceptors (Lipinski definition) is 6. The van der Waals surface area contributed by atoms with Crippen molar-refractivity contribution < 1.29 is 27.8 Å². The molecule has 1 atom stereocenters. The number of carbonyl (C=O) groups excluding carboxylic acids is 1. The molecule has 0 aliphatic rings. The zero-order valence-electron chi connectivity index (χ0n) is 21.7. The van der Waals surface area contributed by atoms with Gasteiger partial charge in [0.15, 0.2) is 6.29 Å². The van der Waals surface area contributed by atoms with E-state index in [9.17, 15) is 13.6 Å². The van der Waals surface area contributed by atoms with Crippen molar-refractivity contribution in [3.8, 4) is 5.75 Å². The molecule has 0 aromatic heterocycles. The Morgan fingerprint density at radius 1 is 1.14 bits per heavy atom. The van der Waals surface area contributed by atoms with E-state index in [2.05, 4.69) is 4.99 Å². The number of aliphatic imine (C=N–C) groups is 1. The molecule has 0 fully saturated rings. The lowest BCUT2D eigenvalue weighted by atomic mass is 10.0. The molecule has 37 heavy (non-hydrogen) atoms. The summed E-state index contributed by atoms with van der Waals surface area (Å²) in [6.45, 7) is 6.61. The minimum Gasteiger partial charge on any atom is -0.489 e. The van der Waals surface area contributed by atoms with Crippen LogP contribution in [-0.4, -0.2) is 62.0 Å². The van der Waals surface area contributed by atoms with Crippen LogP contribution in [-0.2, 0) is 27.3 Å². The van der Waals surface area contributed by atoms with Gasteiger partial charge in [-0.2, -0.15) is 4.39 Å². The molecule has 9 heteroatoms. The van der Waals surface area contributed by atoms with E-state index in [0.29, 0.717) is 25.6 Å². The Morgan fingerprint density at radius 2 is 1.84 bits per heavy atom. The number of ether oxygens (including phenoxy) is 3. The molecule has 0 spiro atoms. The van der Waals surface area contributed by atoms with Crippen LogP contribution in [0.4, 0.5) is 8.78 Å². The summed E-state index contributed by atoms with van der Waals surface area (Å²) in [5, 5.41) is 0. The van der Waals surface area contributed by atoms with E-state index in [0.717, 1.165) is 5.56 Å². The SMILES string of the molecule is C/C=C\C(F)=NCCN(CC(OCC)OCC)C(=O)[C@@H](N)Cc1ccc(OCc2ccccc2)cc1F. The van der Waals surface area contributed by atoms with Gasteiger partial charge < -0.3 is 24.8 Å². The number of benzene rings is 2. The third-order valence-corrected chi connectivity index (χ3v) is 5.35. The van der Waals surface area contributed by atoms with Crippen molar-refractivity contribution in [2.24, 2.45) is 10.7 Å². The number of nitrogens with zero attached hydrogens (tertiary/aromatic N) is 2. The largest absolute Gasteiger partial charge is 0.489 e. The summed E-state index contributed by atoms with van der Waals surface area (Å²) in [7, 11) is 0. The van der Waals surface area contributed by atoms with E-state index in [-0.39, 0.29) is 31.6 Å². The topological polar surface area (TPSA) is 86.4 Å². The maximum Gasteiger partial charge on any atom is 0.240 e. The molecule has 2 rings (SSSR count). The van der Waals surface area contributed by atoms with Gasteiger partial charge in [0.05, 0.1) is 19.1 Å². The van der Waals surface area contributed by atoms with Crippen LogP contribution in [0.5, 0.6) is 5.75 Å². The monoisotopic (exact) mass is 517 g/mol. The highest BCUT2D eigenvalue weighted by molar-refractivity contribution is 5.86. The fourth-order valence-corrected chi connectivity index (χ4v) is 3.55. The Balaban J connectivity index is 2.07. The van der Waals surface area contributed by atoms with Gasteiger partial charge in [0.1, 0.15) is 18.2 Å². The summed E-state index contributed by atoms with van der Waals surface area (Å²) in [6.07, 6.45) is 2.07. The second-order valence-electron chi connectivity index (χ2n) is 8.17. The van der Waals surface area contributed by atoms with E-state index >= 15 is 0 Å². The Kier molecular flexibility index (Phi) is 13.5. The quantitative estimate of drug-likeness (QED) is 0.263. The molecule has 2 aromatic carbocycles. The molecule has 7 nitrogen and oxygen atoms in total. The van der Waals surface area contributed by atoms with Crippen LogP contribution in [0.1, 0.15) is 31.9 Å². The Bertz CT molecular complexity index is 1010. The van der Waals surface area contributed by atoms with Crippen LogP contribution in [0.2, 0.25) is 0 Å². The molecule has 0 aliphatic carbocycles. The molecule has 2 N–H and O–H groups in total. The van der Waals surface area contributed by atoms with Crippen molar-refractivity contribution in [3.05, 3.63) is 77.6 Å². The molecule has 0 heterocycles. The normalized spacial score (nSPS) is 12.8. The van der Waals surface area contributed by atoms with Crippen molar-refractivity contribution in [2.45, 2.75) is 46.1 Å². The third kappa shape index (κ3) is 10.8. The highest BCUT2D eigenvalue weighted by atomic mass is 19.1. The highest BCUT2D eigenvalue weighted by Gasteiger charge is 2.25. The third-order valence-electron chi connectivity index (χ3n) is 5.35. The van der Waals surface area contributed by atoms with Gasteiger partial charge in [0.2, 0.25) is 11.9 Å². The lowest BCUT2D eigenvalue weighted by Crippen LogP contribution is -2.49. The van der Waals surface area contributed by atoms with Crippen molar-refractivity contribution in [1.82, 2.24) is 4.90 Å². The fourth-order valence-electron chi connectivity index (χ4n) is 3.55. The van der Waals surface area contributed by atoms with Crippen LogP contribution >= 0.6 is 0 Å². The Morgan fingerprint density at radius 3 is 2.46 bits per heavy atom. The second-order valence-corrected chi connectivity index (χ2v) is 8.17. The van der Waals surface area contributed by atoms with Crippen molar-refractivity contribution >= 4 is 11.9 Å². The molecule has 0 saturated heterocycles. The van der Waals surface area contributed by atoms with Crippen molar-refractivity contribution in [1.29, 1.82) is 0 Å². The first-order chi connectivity index (χ1) is 17.9. The van der Waals surface area contributed by atoms with E-state index < -0.39 is 30.0 Å². The van der Waals surface area contributed by atoms with E-state index in [1.54, 1.807) is 19.1 Å². The standard InChI is InChI=1S/C28H37F2N3O4/c1-4-10-26(30)32-15-16-33(19-27(35-5-2)36-6-3)28(34)25(31)17-22-13-14-23(18-24(22)29)37-20-21-11-8-7-9-12-21/h4,7-14,18,25,27H,5-6,15-17,19-20,31H2,1-3H3/b10-4-,32-26?/t25-/m0/s1. The first-order valence-corrected chi connectivity index (χ1v) is 12.4. The minimum absolute atomic E-state index is 0.0235. The number of allylic oxidation sites excluding steroid dienone is 2. The van der Waals surface area contributed by atoms with E-state index in [1.165, 1.54) is 23.1 Å². The summed E-state index contributed by atoms with van der Waals surface area (Å²) < 4.78 is 45.3. The van der Waals surface area contributed by atoms with Gasteiger partial charge in [-0.05, 0) is 50.5 Å². The van der Waals surface area contributed by atoms with E-state index in [1.807, 2.05) is 44.2 Å². The number of halogens is 2. The zero-order chi connectivity index (χ0) is 27.0. The molecular weight excluding hydrogens is 480 g/mol. The number of carbonyl (C=O) groups is 1. The molecule has 0 unspecified atom stereocenters. The van der Waals surface area contributed by atoms with Crippen LogP contribution in [0.3, 0.4) is 0 Å². The zero-order valence-corrected chi connectivity index (χ0v) is 21.7. The van der Waals surface area contributed by atoms with Crippen LogP contribution in [0, 0.1) is 5.82 Å². The summed E-state index contributed by atoms with van der Waals surface area (Å²) >= 11 is 0. The highest BCUT2D eigenvalue weighted by Crippen LogP contribution is 2.19. The summed E-state index contributed by atoms with van der Waals surface area (Å²) in [6, 6.07) is 13.0. The predicted octanol–water partition coefficient (Wildman–Crippen LogP) is 4.45.